The first-order valence-corrected chi connectivity index (χ1v) is 4.54. The maximum atomic E-state index is 12.1. The Labute approximate surface area is 76.1 Å². The molecule has 1 heterocycles. The van der Waals surface area contributed by atoms with Crippen molar-refractivity contribution in [3.8, 4) is 0 Å². The molecular formula is C8H15F3N2. The van der Waals surface area contributed by atoms with Crippen molar-refractivity contribution < 1.29 is 13.2 Å². The first-order chi connectivity index (χ1) is 6.03. The molecule has 0 bridgehead atoms. The van der Waals surface area contributed by atoms with E-state index in [2.05, 4.69) is 5.32 Å². The van der Waals surface area contributed by atoms with Crippen molar-refractivity contribution in [1.29, 1.82) is 0 Å². The van der Waals surface area contributed by atoms with Gasteiger partial charge in [-0.3, -0.25) is 4.90 Å². The van der Waals surface area contributed by atoms with Crippen LogP contribution in [0.2, 0.25) is 0 Å². The molecule has 0 spiro atoms. The molecule has 0 aromatic carbocycles. The molecule has 1 aliphatic rings. The molecule has 5 heteroatoms. The summed E-state index contributed by atoms with van der Waals surface area (Å²) in [7, 11) is 0. The van der Waals surface area contributed by atoms with Crippen molar-refractivity contribution in [2.75, 3.05) is 26.2 Å². The zero-order chi connectivity index (χ0) is 9.90. The normalized spacial score (nSPS) is 26.3. The van der Waals surface area contributed by atoms with Crippen LogP contribution >= 0.6 is 0 Å². The van der Waals surface area contributed by atoms with Crippen LogP contribution in [0.25, 0.3) is 0 Å². The van der Waals surface area contributed by atoms with Gasteiger partial charge in [0.25, 0.3) is 0 Å². The van der Waals surface area contributed by atoms with Gasteiger partial charge in [0.1, 0.15) is 0 Å². The Kier molecular flexibility index (Phi) is 3.55. The molecule has 2 nitrogen and oxygen atoms in total. The molecule has 1 fully saturated rings. The van der Waals surface area contributed by atoms with Gasteiger partial charge in [0.15, 0.2) is 0 Å². The second-order valence-electron chi connectivity index (χ2n) is 3.35. The summed E-state index contributed by atoms with van der Waals surface area (Å²) in [5.41, 5.74) is 0. The van der Waals surface area contributed by atoms with Crippen LogP contribution in [-0.4, -0.2) is 43.3 Å². The van der Waals surface area contributed by atoms with E-state index in [1.165, 1.54) is 4.90 Å². The van der Waals surface area contributed by atoms with E-state index in [1.807, 2.05) is 6.92 Å². The molecule has 1 atom stereocenters. The van der Waals surface area contributed by atoms with Crippen molar-refractivity contribution >= 4 is 0 Å². The van der Waals surface area contributed by atoms with Crippen LogP contribution in [-0.2, 0) is 0 Å². The molecule has 0 aliphatic carbocycles. The molecule has 1 aliphatic heterocycles. The van der Waals surface area contributed by atoms with Gasteiger partial charge < -0.3 is 5.32 Å². The van der Waals surface area contributed by atoms with Crippen molar-refractivity contribution in [3.63, 3.8) is 0 Å². The molecule has 0 saturated carbocycles. The van der Waals surface area contributed by atoms with Gasteiger partial charge in [0, 0.05) is 25.7 Å². The lowest BCUT2D eigenvalue weighted by molar-refractivity contribution is -0.152. The van der Waals surface area contributed by atoms with Crippen LogP contribution in [0.1, 0.15) is 13.3 Å². The highest BCUT2D eigenvalue weighted by atomic mass is 19.4. The number of halogens is 3. The van der Waals surface area contributed by atoms with Gasteiger partial charge in [0.2, 0.25) is 0 Å². The second-order valence-corrected chi connectivity index (χ2v) is 3.35. The standard InChI is InChI=1S/C8H15F3N2/c1-2-7-5-12-3-4-13(7)6-8(9,10)11/h7,12H,2-6H2,1H3/t7-/m0/s1. The average molecular weight is 196 g/mol. The fraction of sp³-hybridized carbons (Fsp3) is 1.00. The average Bonchev–Trinajstić information content (AvgIpc) is 2.02. The predicted octanol–water partition coefficient (Wildman–Crippen LogP) is 1.23. The van der Waals surface area contributed by atoms with Crippen LogP contribution < -0.4 is 5.32 Å². The first kappa shape index (κ1) is 10.8. The lowest BCUT2D eigenvalue weighted by atomic mass is 10.1. The van der Waals surface area contributed by atoms with E-state index in [0.717, 1.165) is 6.42 Å². The van der Waals surface area contributed by atoms with E-state index in [4.69, 9.17) is 0 Å². The largest absolute Gasteiger partial charge is 0.401 e. The molecule has 1 rings (SSSR count). The molecule has 78 valence electrons. The molecule has 1 saturated heterocycles. The summed E-state index contributed by atoms with van der Waals surface area (Å²) in [6.45, 7) is 2.98. The van der Waals surface area contributed by atoms with E-state index in [-0.39, 0.29) is 6.04 Å². The summed E-state index contributed by atoms with van der Waals surface area (Å²) in [5, 5.41) is 3.09. The van der Waals surface area contributed by atoms with Crippen LogP contribution in [0, 0.1) is 0 Å². The molecule has 0 amide bonds. The third-order valence-corrected chi connectivity index (χ3v) is 2.33. The van der Waals surface area contributed by atoms with Crippen molar-refractivity contribution in [3.05, 3.63) is 0 Å². The summed E-state index contributed by atoms with van der Waals surface area (Å²) in [6, 6.07) is 0.0374. The third kappa shape index (κ3) is 3.52. The van der Waals surface area contributed by atoms with Gasteiger partial charge in [-0.25, -0.2) is 0 Å². The van der Waals surface area contributed by atoms with E-state index in [9.17, 15) is 13.2 Å². The number of nitrogens with zero attached hydrogens (tertiary/aromatic N) is 1. The number of piperazine rings is 1. The lowest BCUT2D eigenvalue weighted by Crippen LogP contribution is -2.53. The van der Waals surface area contributed by atoms with Crippen LogP contribution in [0.3, 0.4) is 0 Å². The molecule has 1 N–H and O–H groups in total. The summed E-state index contributed by atoms with van der Waals surface area (Å²) in [6.07, 6.45) is -3.30. The summed E-state index contributed by atoms with van der Waals surface area (Å²) >= 11 is 0. The highest BCUT2D eigenvalue weighted by molar-refractivity contribution is 4.80. The Hall–Kier alpha value is -0.290. The van der Waals surface area contributed by atoms with E-state index in [1.54, 1.807) is 0 Å². The van der Waals surface area contributed by atoms with Crippen LogP contribution in [0.5, 0.6) is 0 Å². The summed E-state index contributed by atoms with van der Waals surface area (Å²) in [4.78, 5) is 1.51. The Morgan fingerprint density at radius 2 is 2.15 bits per heavy atom. The highest BCUT2D eigenvalue weighted by Gasteiger charge is 2.34. The summed E-state index contributed by atoms with van der Waals surface area (Å²) < 4.78 is 36.3. The van der Waals surface area contributed by atoms with Gasteiger partial charge in [-0.05, 0) is 6.42 Å². The van der Waals surface area contributed by atoms with Crippen molar-refractivity contribution in [2.45, 2.75) is 25.6 Å². The molecule has 0 aromatic rings. The van der Waals surface area contributed by atoms with Crippen LogP contribution in [0.15, 0.2) is 0 Å². The summed E-state index contributed by atoms with van der Waals surface area (Å²) in [5.74, 6) is 0. The fourth-order valence-corrected chi connectivity index (χ4v) is 1.64. The van der Waals surface area contributed by atoms with E-state index >= 15 is 0 Å². The number of alkyl halides is 3. The van der Waals surface area contributed by atoms with Gasteiger partial charge >= 0.3 is 6.18 Å². The maximum Gasteiger partial charge on any atom is 0.401 e. The van der Waals surface area contributed by atoms with E-state index in [0.29, 0.717) is 19.6 Å². The number of rotatable bonds is 2. The van der Waals surface area contributed by atoms with Crippen LogP contribution in [0.4, 0.5) is 13.2 Å². The number of nitrogens with one attached hydrogen (secondary N) is 1. The molecule has 0 unspecified atom stereocenters. The van der Waals surface area contributed by atoms with Gasteiger partial charge in [-0.15, -0.1) is 0 Å². The van der Waals surface area contributed by atoms with E-state index < -0.39 is 12.7 Å². The van der Waals surface area contributed by atoms with Gasteiger partial charge in [0.05, 0.1) is 6.54 Å². The SMILES string of the molecule is CC[C@H]1CNCCN1CC(F)(F)F. The van der Waals surface area contributed by atoms with Crippen molar-refractivity contribution in [1.82, 2.24) is 10.2 Å². The zero-order valence-electron chi connectivity index (χ0n) is 7.69. The van der Waals surface area contributed by atoms with Gasteiger partial charge in [-0.2, -0.15) is 13.2 Å². The Morgan fingerprint density at radius 3 is 2.69 bits per heavy atom. The number of hydrogen-bond donors (Lipinski definition) is 1. The topological polar surface area (TPSA) is 15.3 Å². The predicted molar refractivity (Wildman–Crippen MR) is 44.6 cm³/mol. The molecule has 0 aromatic heterocycles. The highest BCUT2D eigenvalue weighted by Crippen LogP contribution is 2.19. The zero-order valence-corrected chi connectivity index (χ0v) is 7.69. The van der Waals surface area contributed by atoms with Gasteiger partial charge in [-0.1, -0.05) is 6.92 Å². The number of hydrogen-bond acceptors (Lipinski definition) is 2. The van der Waals surface area contributed by atoms with Crippen molar-refractivity contribution in [2.24, 2.45) is 0 Å². The fourth-order valence-electron chi connectivity index (χ4n) is 1.64. The Balaban J connectivity index is 2.45. The minimum atomic E-state index is -4.06. The quantitative estimate of drug-likeness (QED) is 0.714. The minimum absolute atomic E-state index is 0.0374. The Morgan fingerprint density at radius 1 is 1.46 bits per heavy atom. The molecule has 0 radical (unpaired) electrons. The maximum absolute atomic E-state index is 12.1. The smallest absolute Gasteiger partial charge is 0.314 e. The lowest BCUT2D eigenvalue weighted by Gasteiger charge is -2.35. The second kappa shape index (κ2) is 4.28. The minimum Gasteiger partial charge on any atom is -0.314 e. The Bertz CT molecular complexity index is 158. The first-order valence-electron chi connectivity index (χ1n) is 4.54. The molecule has 13 heavy (non-hydrogen) atoms. The monoisotopic (exact) mass is 196 g/mol. The molecular weight excluding hydrogens is 181 g/mol. The third-order valence-electron chi connectivity index (χ3n) is 2.33.